The molecule has 2 rings (SSSR count). The zero-order valence-electron chi connectivity index (χ0n) is 13.3. The van der Waals surface area contributed by atoms with Gasteiger partial charge in [-0.1, -0.05) is 0 Å². The molecule has 21 heavy (non-hydrogen) atoms. The number of rotatable bonds is 3. The van der Waals surface area contributed by atoms with Crippen LogP contribution >= 0.6 is 11.3 Å². The highest BCUT2D eigenvalue weighted by atomic mass is 32.1. The molecule has 0 saturated carbocycles. The Hall–Kier alpha value is -1.14. The number of likely N-dealkylation sites (tertiary alicyclic amines) is 1. The van der Waals surface area contributed by atoms with Gasteiger partial charge < -0.3 is 10.1 Å². The number of alkyl carbamates (subject to hydrolysis) is 1. The Balaban J connectivity index is 1.87. The normalized spacial score (nSPS) is 21.8. The first-order valence-electron chi connectivity index (χ1n) is 7.48. The summed E-state index contributed by atoms with van der Waals surface area (Å²) in [6.07, 6.45) is 3.60. The van der Waals surface area contributed by atoms with Gasteiger partial charge in [0.05, 0.1) is 6.04 Å². The molecule has 0 aliphatic carbocycles. The van der Waals surface area contributed by atoms with E-state index in [9.17, 15) is 4.79 Å². The smallest absolute Gasteiger partial charge is 0.407 e. The molecule has 2 atom stereocenters. The first kappa shape index (κ1) is 16.2. The van der Waals surface area contributed by atoms with Gasteiger partial charge in [-0.25, -0.2) is 9.78 Å². The van der Waals surface area contributed by atoms with Crippen LogP contribution in [-0.4, -0.2) is 40.7 Å². The number of hydrogen-bond acceptors (Lipinski definition) is 5. The topological polar surface area (TPSA) is 54.5 Å². The molecule has 1 aliphatic heterocycles. The largest absolute Gasteiger partial charge is 0.444 e. The minimum absolute atomic E-state index is 0.149. The molecule has 6 heteroatoms. The van der Waals surface area contributed by atoms with Crippen LogP contribution in [0.15, 0.2) is 11.6 Å². The van der Waals surface area contributed by atoms with Crippen molar-refractivity contribution in [1.29, 1.82) is 0 Å². The van der Waals surface area contributed by atoms with Crippen molar-refractivity contribution >= 4 is 17.4 Å². The Labute approximate surface area is 130 Å². The summed E-state index contributed by atoms with van der Waals surface area (Å²) in [5, 5.41) is 6.12. The number of piperidine rings is 1. The van der Waals surface area contributed by atoms with Crippen LogP contribution in [0.2, 0.25) is 0 Å². The van der Waals surface area contributed by atoms with Gasteiger partial charge in [0, 0.05) is 24.2 Å². The van der Waals surface area contributed by atoms with Crippen molar-refractivity contribution in [3.8, 4) is 0 Å². The fraction of sp³-hybridized carbons (Fsp3) is 0.733. The summed E-state index contributed by atoms with van der Waals surface area (Å²) in [6.45, 7) is 9.71. The van der Waals surface area contributed by atoms with E-state index in [1.54, 1.807) is 11.3 Å². The van der Waals surface area contributed by atoms with Crippen LogP contribution in [0.3, 0.4) is 0 Å². The average Bonchev–Trinajstić information content (AvgIpc) is 2.89. The maximum absolute atomic E-state index is 11.9. The summed E-state index contributed by atoms with van der Waals surface area (Å²) in [5.74, 6) is 0. The highest BCUT2D eigenvalue weighted by Crippen LogP contribution is 2.25. The quantitative estimate of drug-likeness (QED) is 0.931. The van der Waals surface area contributed by atoms with Crippen LogP contribution in [0.5, 0.6) is 0 Å². The minimum atomic E-state index is -0.452. The molecular formula is C15H25N3O2S. The Morgan fingerprint density at radius 3 is 2.95 bits per heavy atom. The van der Waals surface area contributed by atoms with Gasteiger partial charge in [0.25, 0.3) is 0 Å². The maximum Gasteiger partial charge on any atom is 0.407 e. The minimum Gasteiger partial charge on any atom is -0.444 e. The van der Waals surface area contributed by atoms with E-state index in [4.69, 9.17) is 4.74 Å². The molecule has 0 bridgehead atoms. The van der Waals surface area contributed by atoms with Crippen molar-refractivity contribution in [2.75, 3.05) is 13.1 Å². The Morgan fingerprint density at radius 2 is 2.33 bits per heavy atom. The second-order valence-corrected chi connectivity index (χ2v) is 7.45. The Kier molecular flexibility index (Phi) is 5.22. The molecule has 2 heterocycles. The van der Waals surface area contributed by atoms with Crippen LogP contribution in [0, 0.1) is 0 Å². The number of thiazole rings is 1. The SMILES string of the molecule is C[C@@H](c1nccs1)N1CCC[C@H](NC(=O)OC(C)(C)C)C1. The molecule has 1 saturated heterocycles. The average molecular weight is 311 g/mol. The molecule has 1 aromatic heterocycles. The molecule has 1 amide bonds. The van der Waals surface area contributed by atoms with Gasteiger partial charge >= 0.3 is 6.09 Å². The zero-order chi connectivity index (χ0) is 15.5. The van der Waals surface area contributed by atoms with Gasteiger partial charge in [0.2, 0.25) is 0 Å². The zero-order valence-corrected chi connectivity index (χ0v) is 14.1. The van der Waals surface area contributed by atoms with Crippen molar-refractivity contribution < 1.29 is 9.53 Å². The molecule has 5 nitrogen and oxygen atoms in total. The second kappa shape index (κ2) is 6.75. The summed E-state index contributed by atoms with van der Waals surface area (Å²) < 4.78 is 5.33. The molecule has 0 spiro atoms. The van der Waals surface area contributed by atoms with Crippen LogP contribution in [0.25, 0.3) is 0 Å². The number of carbonyl (C=O) groups is 1. The van der Waals surface area contributed by atoms with Crippen LogP contribution in [-0.2, 0) is 4.74 Å². The molecule has 1 aliphatic rings. The van der Waals surface area contributed by atoms with Crippen LogP contribution in [0.4, 0.5) is 4.79 Å². The van der Waals surface area contributed by atoms with Crippen LogP contribution < -0.4 is 5.32 Å². The molecule has 0 radical (unpaired) electrons. The Bertz CT molecular complexity index is 456. The number of nitrogens with one attached hydrogen (secondary N) is 1. The molecular weight excluding hydrogens is 286 g/mol. The van der Waals surface area contributed by atoms with Crippen molar-refractivity contribution in [3.63, 3.8) is 0 Å². The standard InChI is InChI=1S/C15H25N3O2S/c1-11(13-16-7-9-21-13)18-8-5-6-12(10-18)17-14(19)20-15(2,3)4/h7,9,11-12H,5-6,8,10H2,1-4H3,(H,17,19)/t11-,12-/m0/s1. The summed E-state index contributed by atoms with van der Waals surface area (Å²) in [7, 11) is 0. The number of aromatic nitrogens is 1. The number of nitrogens with zero attached hydrogens (tertiary/aromatic N) is 2. The molecule has 118 valence electrons. The van der Waals surface area contributed by atoms with Crippen molar-refractivity contribution in [1.82, 2.24) is 15.2 Å². The third kappa shape index (κ3) is 4.97. The highest BCUT2D eigenvalue weighted by molar-refractivity contribution is 7.09. The fourth-order valence-corrected chi connectivity index (χ4v) is 3.28. The predicted molar refractivity (Wildman–Crippen MR) is 84.5 cm³/mol. The third-order valence-electron chi connectivity index (χ3n) is 3.53. The number of carbonyl (C=O) groups excluding carboxylic acids is 1. The number of amides is 1. The predicted octanol–water partition coefficient (Wildman–Crippen LogP) is 3.19. The van der Waals surface area contributed by atoms with E-state index in [1.165, 1.54) is 0 Å². The molecule has 1 aromatic rings. The van der Waals surface area contributed by atoms with E-state index in [-0.39, 0.29) is 12.1 Å². The fourth-order valence-electron chi connectivity index (χ4n) is 2.55. The summed E-state index contributed by atoms with van der Waals surface area (Å²) in [5.41, 5.74) is -0.452. The van der Waals surface area contributed by atoms with Crippen molar-refractivity contribution in [2.45, 2.75) is 58.2 Å². The van der Waals surface area contributed by atoms with Crippen molar-refractivity contribution in [3.05, 3.63) is 16.6 Å². The van der Waals surface area contributed by atoms with E-state index in [0.717, 1.165) is 30.9 Å². The monoisotopic (exact) mass is 311 g/mol. The van der Waals surface area contributed by atoms with E-state index >= 15 is 0 Å². The molecule has 0 aromatic carbocycles. The van der Waals surface area contributed by atoms with Gasteiger partial charge in [0.1, 0.15) is 10.6 Å². The van der Waals surface area contributed by atoms with Gasteiger partial charge in [-0.15, -0.1) is 11.3 Å². The summed E-state index contributed by atoms with van der Waals surface area (Å²) >= 11 is 1.68. The summed E-state index contributed by atoms with van der Waals surface area (Å²) in [6, 6.07) is 0.448. The highest BCUT2D eigenvalue weighted by Gasteiger charge is 2.27. The lowest BCUT2D eigenvalue weighted by molar-refractivity contribution is 0.0458. The van der Waals surface area contributed by atoms with Gasteiger partial charge in [0.15, 0.2) is 0 Å². The maximum atomic E-state index is 11.9. The third-order valence-corrected chi connectivity index (χ3v) is 4.48. The lowest BCUT2D eigenvalue weighted by Gasteiger charge is -2.36. The van der Waals surface area contributed by atoms with Crippen LogP contribution in [0.1, 0.15) is 51.6 Å². The van der Waals surface area contributed by atoms with Gasteiger partial charge in [-0.05, 0) is 47.1 Å². The van der Waals surface area contributed by atoms with E-state index in [1.807, 2.05) is 32.3 Å². The van der Waals surface area contributed by atoms with Gasteiger partial charge in [-0.3, -0.25) is 4.90 Å². The first-order chi connectivity index (χ1) is 9.85. The van der Waals surface area contributed by atoms with E-state index < -0.39 is 5.60 Å². The first-order valence-corrected chi connectivity index (χ1v) is 8.36. The van der Waals surface area contributed by atoms with E-state index in [2.05, 4.69) is 22.1 Å². The summed E-state index contributed by atoms with van der Waals surface area (Å²) in [4.78, 5) is 18.6. The lowest BCUT2D eigenvalue weighted by atomic mass is 10.0. The van der Waals surface area contributed by atoms with Crippen molar-refractivity contribution in [2.24, 2.45) is 0 Å². The molecule has 0 unspecified atom stereocenters. The lowest BCUT2D eigenvalue weighted by Crippen LogP contribution is -2.49. The van der Waals surface area contributed by atoms with Gasteiger partial charge in [-0.2, -0.15) is 0 Å². The molecule has 1 N–H and O–H groups in total. The molecule has 1 fully saturated rings. The second-order valence-electron chi connectivity index (χ2n) is 6.53. The number of hydrogen-bond donors (Lipinski definition) is 1. The number of ether oxygens (including phenoxy) is 1. The Morgan fingerprint density at radius 1 is 1.57 bits per heavy atom. The van der Waals surface area contributed by atoms with E-state index in [0.29, 0.717) is 6.04 Å².